The zero-order chi connectivity index (χ0) is 33.1. The molecular weight excluding hydrogens is 590 g/mol. The van der Waals surface area contributed by atoms with Crippen LogP contribution in [0.3, 0.4) is 0 Å². The minimum absolute atomic E-state index is 0.0145. The highest BCUT2D eigenvalue weighted by atomic mass is 16.4. The van der Waals surface area contributed by atoms with Crippen molar-refractivity contribution < 1.29 is 29.7 Å². The van der Waals surface area contributed by atoms with Gasteiger partial charge in [-0.1, -0.05) is 26.0 Å². The summed E-state index contributed by atoms with van der Waals surface area (Å²) in [4.78, 5) is 43.1. The van der Waals surface area contributed by atoms with Crippen molar-refractivity contribution in [1.82, 2.24) is 34.8 Å². The molecule has 1 unspecified atom stereocenters. The van der Waals surface area contributed by atoms with Crippen LogP contribution in [0.2, 0.25) is 0 Å². The van der Waals surface area contributed by atoms with E-state index in [0.29, 0.717) is 49.5 Å². The average molecular weight is 634 g/mol. The molecule has 0 bridgehead atoms. The van der Waals surface area contributed by atoms with Crippen LogP contribution in [0.1, 0.15) is 68.2 Å². The largest absolute Gasteiger partial charge is 0.508 e. The topological polar surface area (TPSA) is 164 Å². The van der Waals surface area contributed by atoms with Gasteiger partial charge in [0.2, 0.25) is 11.7 Å². The first-order chi connectivity index (χ1) is 22.0. The van der Waals surface area contributed by atoms with Gasteiger partial charge in [-0.25, -0.2) is 4.79 Å². The van der Waals surface area contributed by atoms with E-state index in [1.807, 2.05) is 56.9 Å². The zero-order valence-corrected chi connectivity index (χ0v) is 26.8. The second-order valence-corrected chi connectivity index (χ2v) is 12.5. The van der Waals surface area contributed by atoms with Crippen molar-refractivity contribution in [2.24, 2.45) is 5.92 Å². The van der Waals surface area contributed by atoms with Crippen LogP contribution in [0, 0.1) is 5.92 Å². The fourth-order valence-corrected chi connectivity index (χ4v) is 6.37. The van der Waals surface area contributed by atoms with Crippen molar-refractivity contribution in [2.75, 3.05) is 39.3 Å². The number of amides is 3. The van der Waals surface area contributed by atoms with E-state index in [4.69, 9.17) is 0 Å². The van der Waals surface area contributed by atoms with E-state index in [1.54, 1.807) is 10.6 Å². The predicted octanol–water partition coefficient (Wildman–Crippen LogP) is 3.64. The fourth-order valence-electron chi connectivity index (χ4n) is 6.37. The average Bonchev–Trinajstić information content (AvgIpc) is 3.46. The molecule has 0 radical (unpaired) electrons. The Hall–Kier alpha value is -4.65. The number of carboxylic acid groups (broad SMARTS) is 1. The van der Waals surface area contributed by atoms with Crippen LogP contribution < -0.4 is 5.32 Å². The molecule has 2 saturated heterocycles. The number of carbonyl (C=O) groups excluding carboxylic acids is 2. The Bertz CT molecular complexity index is 1580. The van der Waals surface area contributed by atoms with E-state index in [2.05, 4.69) is 20.4 Å². The molecule has 3 amide bonds. The molecule has 0 saturated carbocycles. The molecule has 13 nitrogen and oxygen atoms in total. The SMILES string of the molecule is CCNC(=O)c1nnc(-c2cc(C(C)C)c(O)cc2O)n1-c1ccc(CN2CCC(C(=O)N3CCN(C(=O)O)C(C)C3)CC2)cc1. The van der Waals surface area contributed by atoms with E-state index >= 15 is 0 Å². The molecule has 46 heavy (non-hydrogen) atoms. The Balaban J connectivity index is 1.29. The lowest BCUT2D eigenvalue weighted by Crippen LogP contribution is -2.56. The van der Waals surface area contributed by atoms with Crippen molar-refractivity contribution in [2.45, 2.75) is 59.0 Å². The van der Waals surface area contributed by atoms with E-state index in [9.17, 15) is 29.7 Å². The number of nitrogens with zero attached hydrogens (tertiary/aromatic N) is 6. The molecule has 4 N–H and O–H groups in total. The molecule has 2 fully saturated rings. The molecule has 0 spiro atoms. The van der Waals surface area contributed by atoms with Gasteiger partial charge in [0.1, 0.15) is 11.5 Å². The predicted molar refractivity (Wildman–Crippen MR) is 171 cm³/mol. The third-order valence-corrected chi connectivity index (χ3v) is 8.93. The van der Waals surface area contributed by atoms with E-state index in [1.165, 1.54) is 11.0 Å². The summed E-state index contributed by atoms with van der Waals surface area (Å²) in [5, 5.41) is 41.7. The molecule has 2 aliphatic rings. The number of phenols is 2. The molecule has 0 aliphatic carbocycles. The Morgan fingerprint density at radius 1 is 0.978 bits per heavy atom. The molecule has 2 aromatic carbocycles. The number of carbonyl (C=O) groups is 3. The molecule has 1 aromatic heterocycles. The van der Waals surface area contributed by atoms with Gasteiger partial charge in [-0.15, -0.1) is 10.2 Å². The summed E-state index contributed by atoms with van der Waals surface area (Å²) in [5.74, 6) is -0.191. The van der Waals surface area contributed by atoms with E-state index < -0.39 is 12.0 Å². The lowest BCUT2D eigenvalue weighted by molar-refractivity contribution is -0.139. The van der Waals surface area contributed by atoms with Gasteiger partial charge in [-0.3, -0.25) is 19.1 Å². The molecular formula is C33H43N7O6. The number of likely N-dealkylation sites (tertiary alicyclic amines) is 1. The van der Waals surface area contributed by atoms with Gasteiger partial charge in [0.25, 0.3) is 5.91 Å². The first-order valence-corrected chi connectivity index (χ1v) is 15.9. The number of benzene rings is 2. The van der Waals surface area contributed by atoms with Crippen molar-refractivity contribution in [1.29, 1.82) is 0 Å². The van der Waals surface area contributed by atoms with Crippen LogP contribution in [0.5, 0.6) is 11.5 Å². The van der Waals surface area contributed by atoms with Gasteiger partial charge in [-0.2, -0.15) is 0 Å². The van der Waals surface area contributed by atoms with Crippen LogP contribution in [-0.4, -0.2) is 108 Å². The Morgan fingerprint density at radius 2 is 1.67 bits per heavy atom. The number of aromatic nitrogens is 3. The molecule has 5 rings (SSSR count). The Kier molecular flexibility index (Phi) is 9.80. The summed E-state index contributed by atoms with van der Waals surface area (Å²) >= 11 is 0. The third-order valence-electron chi connectivity index (χ3n) is 8.93. The highest BCUT2D eigenvalue weighted by Crippen LogP contribution is 2.38. The van der Waals surface area contributed by atoms with E-state index in [-0.39, 0.29) is 46.9 Å². The lowest BCUT2D eigenvalue weighted by Gasteiger charge is -2.41. The third kappa shape index (κ3) is 6.79. The number of aromatic hydroxyl groups is 2. The summed E-state index contributed by atoms with van der Waals surface area (Å²) in [7, 11) is 0. The Morgan fingerprint density at radius 3 is 2.28 bits per heavy atom. The molecule has 13 heteroatoms. The number of phenolic OH excluding ortho intramolecular Hbond substituents is 2. The van der Waals surface area contributed by atoms with Crippen LogP contribution >= 0.6 is 0 Å². The van der Waals surface area contributed by atoms with Gasteiger partial charge >= 0.3 is 6.09 Å². The van der Waals surface area contributed by atoms with Gasteiger partial charge in [0.15, 0.2) is 5.82 Å². The minimum Gasteiger partial charge on any atom is -0.508 e. The number of piperazine rings is 1. The normalized spacial score (nSPS) is 17.8. The highest BCUT2D eigenvalue weighted by molar-refractivity contribution is 5.92. The second kappa shape index (κ2) is 13.8. The summed E-state index contributed by atoms with van der Waals surface area (Å²) < 4.78 is 1.61. The summed E-state index contributed by atoms with van der Waals surface area (Å²) in [5.41, 5.74) is 2.70. The van der Waals surface area contributed by atoms with Crippen molar-refractivity contribution in [3.05, 3.63) is 53.3 Å². The number of piperidine rings is 1. The highest BCUT2D eigenvalue weighted by Gasteiger charge is 2.34. The number of hydrogen-bond acceptors (Lipinski definition) is 8. The van der Waals surface area contributed by atoms with Crippen molar-refractivity contribution in [3.8, 4) is 28.6 Å². The van der Waals surface area contributed by atoms with Crippen molar-refractivity contribution >= 4 is 17.9 Å². The van der Waals surface area contributed by atoms with Gasteiger partial charge in [0, 0.05) is 56.4 Å². The number of rotatable bonds is 8. The molecule has 1 atom stereocenters. The first-order valence-electron chi connectivity index (χ1n) is 15.9. The summed E-state index contributed by atoms with van der Waals surface area (Å²) in [6.45, 7) is 11.4. The van der Waals surface area contributed by atoms with Crippen molar-refractivity contribution in [3.63, 3.8) is 0 Å². The van der Waals surface area contributed by atoms with Crippen LogP contribution in [-0.2, 0) is 11.3 Å². The fraction of sp³-hybridized carbons (Fsp3) is 0.485. The summed E-state index contributed by atoms with van der Waals surface area (Å²) in [6.07, 6.45) is 0.556. The smallest absolute Gasteiger partial charge is 0.407 e. The minimum atomic E-state index is -0.942. The van der Waals surface area contributed by atoms with Crippen LogP contribution in [0.25, 0.3) is 17.1 Å². The molecule has 3 aromatic rings. The van der Waals surface area contributed by atoms with Crippen LogP contribution in [0.15, 0.2) is 36.4 Å². The van der Waals surface area contributed by atoms with Gasteiger partial charge < -0.3 is 30.4 Å². The maximum absolute atomic E-state index is 13.2. The standard InChI is InChI=1S/C33H43N7O6/c1-5-34-31(43)30-36-35-29(26-16-25(20(2)3)27(41)17-28(26)42)40(30)24-8-6-22(7-9-24)19-37-12-10-23(11-13-37)32(44)38-14-15-39(33(45)46)21(4)18-38/h6-9,16-17,20-21,23,41-42H,5,10-15,18-19H2,1-4H3,(H,34,43)(H,45,46). The maximum Gasteiger partial charge on any atom is 0.407 e. The lowest BCUT2D eigenvalue weighted by atomic mass is 9.94. The maximum atomic E-state index is 13.2. The van der Waals surface area contributed by atoms with Crippen LogP contribution in [0.4, 0.5) is 4.79 Å². The molecule has 246 valence electrons. The number of hydrogen-bond donors (Lipinski definition) is 4. The Labute approximate surface area is 268 Å². The molecule has 3 heterocycles. The molecule has 2 aliphatic heterocycles. The second-order valence-electron chi connectivity index (χ2n) is 12.5. The summed E-state index contributed by atoms with van der Waals surface area (Å²) in [6, 6.07) is 10.5. The number of nitrogens with one attached hydrogen (secondary N) is 1. The van der Waals surface area contributed by atoms with E-state index in [0.717, 1.165) is 31.5 Å². The van der Waals surface area contributed by atoms with Gasteiger partial charge in [-0.05, 0) is 75.0 Å². The zero-order valence-electron chi connectivity index (χ0n) is 26.8. The first kappa shape index (κ1) is 32.7. The monoisotopic (exact) mass is 633 g/mol. The van der Waals surface area contributed by atoms with Gasteiger partial charge in [0.05, 0.1) is 5.56 Å². The quantitative estimate of drug-likeness (QED) is 0.290.